The molecule has 2 N–H and O–H groups in total. The first-order valence-corrected chi connectivity index (χ1v) is 8.56. The van der Waals surface area contributed by atoms with E-state index < -0.39 is 6.04 Å². The third-order valence-corrected chi connectivity index (χ3v) is 4.53. The van der Waals surface area contributed by atoms with Gasteiger partial charge in [0.2, 0.25) is 11.8 Å². The monoisotopic (exact) mass is 317 g/mol. The molecule has 1 fully saturated rings. The summed E-state index contributed by atoms with van der Waals surface area (Å²) < 4.78 is 0. The second-order valence-electron chi connectivity index (χ2n) is 6.51. The molecule has 0 radical (unpaired) electrons. The topological polar surface area (TPSA) is 71.1 Å². The number of hydrogen-bond acceptors (Lipinski definition) is 3. The molecular formula is C18H27N3O2. The first-order chi connectivity index (χ1) is 11.1. The summed E-state index contributed by atoms with van der Waals surface area (Å²) in [4.78, 5) is 28.3. The molecule has 1 aromatic heterocycles. The summed E-state index contributed by atoms with van der Waals surface area (Å²) >= 11 is 0. The van der Waals surface area contributed by atoms with Gasteiger partial charge >= 0.3 is 0 Å². The number of pyridine rings is 1. The number of carbonyl (C=O) groups is 2. The van der Waals surface area contributed by atoms with E-state index in [0.29, 0.717) is 12.3 Å². The fraction of sp³-hybridized carbons (Fsp3) is 0.611. The normalized spacial score (nSPS) is 18.0. The van der Waals surface area contributed by atoms with Crippen molar-refractivity contribution in [1.82, 2.24) is 15.6 Å². The molecule has 0 bridgehead atoms. The van der Waals surface area contributed by atoms with Gasteiger partial charge < -0.3 is 10.6 Å². The lowest BCUT2D eigenvalue weighted by atomic mass is 9.87. The maximum atomic E-state index is 12.2. The van der Waals surface area contributed by atoms with Crippen LogP contribution in [0, 0.1) is 5.92 Å². The van der Waals surface area contributed by atoms with Crippen molar-refractivity contribution in [1.29, 1.82) is 0 Å². The number of rotatable bonds is 6. The Morgan fingerprint density at radius 1 is 1.13 bits per heavy atom. The lowest BCUT2D eigenvalue weighted by Crippen LogP contribution is -2.45. The zero-order chi connectivity index (χ0) is 16.7. The van der Waals surface area contributed by atoms with Crippen LogP contribution in [0.4, 0.5) is 0 Å². The van der Waals surface area contributed by atoms with Gasteiger partial charge in [0.1, 0.15) is 6.04 Å². The van der Waals surface area contributed by atoms with Crippen LogP contribution in [0.5, 0.6) is 0 Å². The number of amides is 2. The summed E-state index contributed by atoms with van der Waals surface area (Å²) in [5.41, 5.74) is 0.995. The zero-order valence-corrected chi connectivity index (χ0v) is 14.0. The largest absolute Gasteiger partial charge is 0.348 e. The Morgan fingerprint density at radius 3 is 2.43 bits per heavy atom. The van der Waals surface area contributed by atoms with Gasteiger partial charge in [-0.3, -0.25) is 14.6 Å². The molecule has 5 heteroatoms. The Kier molecular flexibility index (Phi) is 6.56. The Balaban J connectivity index is 1.76. The molecule has 0 aromatic carbocycles. The van der Waals surface area contributed by atoms with Gasteiger partial charge in [-0.2, -0.15) is 0 Å². The second-order valence-corrected chi connectivity index (χ2v) is 6.51. The fourth-order valence-electron chi connectivity index (χ4n) is 3.09. The average molecular weight is 317 g/mol. The Labute approximate surface area is 138 Å². The van der Waals surface area contributed by atoms with Gasteiger partial charge in [0, 0.05) is 18.8 Å². The molecule has 0 unspecified atom stereocenters. The summed E-state index contributed by atoms with van der Waals surface area (Å²) in [6.45, 7) is 3.65. The maximum Gasteiger partial charge on any atom is 0.242 e. The van der Waals surface area contributed by atoms with Crippen molar-refractivity contribution in [2.75, 3.05) is 0 Å². The van der Waals surface area contributed by atoms with Gasteiger partial charge in [-0.15, -0.1) is 0 Å². The van der Waals surface area contributed by atoms with Crippen molar-refractivity contribution in [2.24, 2.45) is 5.92 Å². The molecule has 1 aliphatic carbocycles. The number of hydrogen-bond donors (Lipinski definition) is 2. The van der Waals surface area contributed by atoms with Crippen molar-refractivity contribution in [3.63, 3.8) is 0 Å². The number of carbonyl (C=O) groups excluding carboxylic acids is 2. The molecule has 126 valence electrons. The molecule has 1 saturated carbocycles. The van der Waals surface area contributed by atoms with Crippen LogP contribution in [-0.4, -0.2) is 22.8 Å². The van der Waals surface area contributed by atoms with Crippen LogP contribution in [-0.2, 0) is 9.59 Å². The SMILES string of the molecule is C[C@H](NC(=O)[C@@H](C)NC(=O)CC1CCCCC1)c1ccncc1. The standard InChI is InChI=1S/C18H27N3O2/c1-13(16-8-10-19-11-9-16)21-18(23)14(2)20-17(22)12-15-6-4-3-5-7-15/h8-11,13-15H,3-7,12H2,1-2H3,(H,20,22)(H,21,23)/t13-,14+/m0/s1. The van der Waals surface area contributed by atoms with Crippen LogP contribution in [0.3, 0.4) is 0 Å². The molecule has 2 atom stereocenters. The highest BCUT2D eigenvalue weighted by Crippen LogP contribution is 2.26. The number of nitrogens with one attached hydrogen (secondary N) is 2. The number of aromatic nitrogens is 1. The van der Waals surface area contributed by atoms with E-state index in [0.717, 1.165) is 18.4 Å². The predicted octanol–water partition coefficient (Wildman–Crippen LogP) is 2.73. The molecule has 1 aliphatic rings. The van der Waals surface area contributed by atoms with Gasteiger partial charge in [0.05, 0.1) is 6.04 Å². The average Bonchev–Trinajstić information content (AvgIpc) is 2.56. The molecule has 5 nitrogen and oxygen atoms in total. The molecule has 0 spiro atoms. The predicted molar refractivity (Wildman–Crippen MR) is 89.6 cm³/mol. The Bertz CT molecular complexity index is 512. The third kappa shape index (κ3) is 5.66. The molecule has 1 aromatic rings. The fourth-order valence-corrected chi connectivity index (χ4v) is 3.09. The van der Waals surface area contributed by atoms with E-state index in [-0.39, 0.29) is 17.9 Å². The quantitative estimate of drug-likeness (QED) is 0.847. The summed E-state index contributed by atoms with van der Waals surface area (Å²) in [6.07, 6.45) is 9.93. The Hall–Kier alpha value is -1.91. The molecule has 0 saturated heterocycles. The highest BCUT2D eigenvalue weighted by Gasteiger charge is 2.21. The van der Waals surface area contributed by atoms with Gasteiger partial charge in [-0.25, -0.2) is 0 Å². The van der Waals surface area contributed by atoms with Crippen molar-refractivity contribution < 1.29 is 9.59 Å². The van der Waals surface area contributed by atoms with Crippen LogP contribution in [0.15, 0.2) is 24.5 Å². The van der Waals surface area contributed by atoms with Gasteiger partial charge in [-0.05, 0) is 50.3 Å². The zero-order valence-electron chi connectivity index (χ0n) is 14.0. The van der Waals surface area contributed by atoms with Crippen LogP contribution in [0.1, 0.15) is 64.0 Å². The minimum Gasteiger partial charge on any atom is -0.348 e. The molecule has 2 rings (SSSR count). The first kappa shape index (κ1) is 17.4. The second kappa shape index (κ2) is 8.65. The molecular weight excluding hydrogens is 290 g/mol. The highest BCUT2D eigenvalue weighted by atomic mass is 16.2. The third-order valence-electron chi connectivity index (χ3n) is 4.53. The maximum absolute atomic E-state index is 12.2. The molecule has 1 heterocycles. The smallest absolute Gasteiger partial charge is 0.242 e. The van der Waals surface area contributed by atoms with E-state index in [1.807, 2.05) is 19.1 Å². The van der Waals surface area contributed by atoms with Gasteiger partial charge in [-0.1, -0.05) is 19.3 Å². The van der Waals surface area contributed by atoms with Crippen LogP contribution in [0.25, 0.3) is 0 Å². The Morgan fingerprint density at radius 2 is 1.78 bits per heavy atom. The van der Waals surface area contributed by atoms with E-state index in [4.69, 9.17) is 0 Å². The van der Waals surface area contributed by atoms with E-state index in [9.17, 15) is 9.59 Å². The minimum atomic E-state index is -0.518. The van der Waals surface area contributed by atoms with Crippen LogP contribution in [0.2, 0.25) is 0 Å². The van der Waals surface area contributed by atoms with E-state index >= 15 is 0 Å². The van der Waals surface area contributed by atoms with Gasteiger partial charge in [0.15, 0.2) is 0 Å². The van der Waals surface area contributed by atoms with Crippen molar-refractivity contribution >= 4 is 11.8 Å². The van der Waals surface area contributed by atoms with E-state index in [1.54, 1.807) is 19.3 Å². The van der Waals surface area contributed by atoms with Crippen LogP contribution < -0.4 is 10.6 Å². The number of nitrogens with zero attached hydrogens (tertiary/aromatic N) is 1. The highest BCUT2D eigenvalue weighted by molar-refractivity contribution is 5.87. The lowest BCUT2D eigenvalue weighted by molar-refractivity contribution is -0.129. The summed E-state index contributed by atoms with van der Waals surface area (Å²) in [7, 11) is 0. The van der Waals surface area contributed by atoms with E-state index in [2.05, 4.69) is 15.6 Å². The molecule has 23 heavy (non-hydrogen) atoms. The van der Waals surface area contributed by atoms with Crippen molar-refractivity contribution in [3.05, 3.63) is 30.1 Å². The summed E-state index contributed by atoms with van der Waals surface area (Å²) in [6, 6.07) is 3.12. The molecule has 2 amide bonds. The first-order valence-electron chi connectivity index (χ1n) is 8.56. The van der Waals surface area contributed by atoms with Crippen molar-refractivity contribution in [3.8, 4) is 0 Å². The minimum absolute atomic E-state index is 0.0175. The molecule has 0 aliphatic heterocycles. The lowest BCUT2D eigenvalue weighted by Gasteiger charge is -2.22. The summed E-state index contributed by atoms with van der Waals surface area (Å²) in [5, 5.41) is 5.74. The van der Waals surface area contributed by atoms with Crippen molar-refractivity contribution in [2.45, 2.75) is 64.5 Å². The van der Waals surface area contributed by atoms with E-state index in [1.165, 1.54) is 19.3 Å². The summed E-state index contributed by atoms with van der Waals surface area (Å²) in [5.74, 6) is 0.303. The van der Waals surface area contributed by atoms with Crippen LogP contribution >= 0.6 is 0 Å². The van der Waals surface area contributed by atoms with Gasteiger partial charge in [0.25, 0.3) is 0 Å².